The minimum atomic E-state index is -0.716. The summed E-state index contributed by atoms with van der Waals surface area (Å²) in [7, 11) is 1.80. The van der Waals surface area contributed by atoms with Crippen molar-refractivity contribution in [3.05, 3.63) is 35.5 Å². The molecule has 2 aromatic heterocycles. The molecule has 0 aliphatic carbocycles. The lowest BCUT2D eigenvalue weighted by Gasteiger charge is -2.17. The highest BCUT2D eigenvalue weighted by molar-refractivity contribution is 5.91. The van der Waals surface area contributed by atoms with Crippen molar-refractivity contribution in [2.24, 2.45) is 7.05 Å². The van der Waals surface area contributed by atoms with Gasteiger partial charge in [0, 0.05) is 30.3 Å². The maximum atomic E-state index is 13.6. The van der Waals surface area contributed by atoms with Crippen molar-refractivity contribution < 1.29 is 14.3 Å². The Morgan fingerprint density at radius 1 is 1.41 bits per heavy atom. The standard InChI is InChI=1S/C15H19FN4O2/c1-15(2,3)12-7-13(19-20(12)4)18-14(22)6-11-10(16)5-9(21)8-17-11/h5,7-8,21H,6H2,1-4H3,(H,18,19,22). The van der Waals surface area contributed by atoms with E-state index in [4.69, 9.17) is 5.11 Å². The first-order valence-electron chi connectivity index (χ1n) is 6.84. The number of carbonyl (C=O) groups is 1. The van der Waals surface area contributed by atoms with Gasteiger partial charge in [-0.25, -0.2) is 4.39 Å². The number of amides is 1. The van der Waals surface area contributed by atoms with E-state index in [9.17, 15) is 9.18 Å². The Hall–Kier alpha value is -2.44. The first-order chi connectivity index (χ1) is 10.2. The van der Waals surface area contributed by atoms with E-state index in [2.05, 4.69) is 15.4 Å². The largest absolute Gasteiger partial charge is 0.506 e. The van der Waals surface area contributed by atoms with Crippen molar-refractivity contribution in [1.29, 1.82) is 0 Å². The van der Waals surface area contributed by atoms with Crippen molar-refractivity contribution in [3.63, 3.8) is 0 Å². The summed E-state index contributed by atoms with van der Waals surface area (Å²) in [4.78, 5) is 15.7. The van der Waals surface area contributed by atoms with Crippen molar-refractivity contribution in [3.8, 4) is 5.75 Å². The molecular formula is C15H19FN4O2. The van der Waals surface area contributed by atoms with Gasteiger partial charge in [-0.15, -0.1) is 0 Å². The van der Waals surface area contributed by atoms with E-state index in [1.807, 2.05) is 20.8 Å². The summed E-state index contributed by atoms with van der Waals surface area (Å²) in [6.45, 7) is 6.14. The van der Waals surface area contributed by atoms with Crippen LogP contribution >= 0.6 is 0 Å². The maximum Gasteiger partial charge on any atom is 0.231 e. The number of aromatic hydroxyl groups is 1. The van der Waals surface area contributed by atoms with Crippen LogP contribution in [0, 0.1) is 5.82 Å². The number of aryl methyl sites for hydroxylation is 1. The highest BCUT2D eigenvalue weighted by Crippen LogP contribution is 2.24. The van der Waals surface area contributed by atoms with Gasteiger partial charge >= 0.3 is 0 Å². The molecule has 2 rings (SSSR count). The maximum absolute atomic E-state index is 13.6. The van der Waals surface area contributed by atoms with Gasteiger partial charge in [0.15, 0.2) is 5.82 Å². The molecule has 7 heteroatoms. The second-order valence-corrected chi connectivity index (χ2v) is 6.14. The molecule has 1 amide bonds. The number of anilines is 1. The molecule has 0 aliphatic rings. The smallest absolute Gasteiger partial charge is 0.231 e. The fourth-order valence-electron chi connectivity index (χ4n) is 2.16. The number of nitrogens with one attached hydrogen (secondary N) is 1. The predicted octanol–water partition coefficient (Wildman–Crippen LogP) is 2.14. The summed E-state index contributed by atoms with van der Waals surface area (Å²) in [5, 5.41) is 16.0. The van der Waals surface area contributed by atoms with Crippen LogP contribution in [0.1, 0.15) is 32.2 Å². The van der Waals surface area contributed by atoms with Crippen LogP contribution in [0.2, 0.25) is 0 Å². The summed E-state index contributed by atoms with van der Waals surface area (Å²) in [5.74, 6) is -1.000. The minimum absolute atomic E-state index is 0.0257. The molecule has 0 saturated carbocycles. The Labute approximate surface area is 128 Å². The predicted molar refractivity (Wildman–Crippen MR) is 80.1 cm³/mol. The zero-order valence-electron chi connectivity index (χ0n) is 13.0. The van der Waals surface area contributed by atoms with Crippen LogP contribution in [0.25, 0.3) is 0 Å². The summed E-state index contributed by atoms with van der Waals surface area (Å²) in [6, 6.07) is 2.71. The molecule has 0 unspecified atom stereocenters. The topological polar surface area (TPSA) is 80.0 Å². The van der Waals surface area contributed by atoms with Crippen molar-refractivity contribution in [2.75, 3.05) is 5.32 Å². The van der Waals surface area contributed by atoms with Crippen LogP contribution in [0.15, 0.2) is 18.3 Å². The van der Waals surface area contributed by atoms with Crippen molar-refractivity contribution >= 4 is 11.7 Å². The molecule has 6 nitrogen and oxygen atoms in total. The molecule has 118 valence electrons. The number of carbonyl (C=O) groups excluding carboxylic acids is 1. The molecule has 0 bridgehead atoms. The average Bonchev–Trinajstić information content (AvgIpc) is 2.73. The number of aromatic nitrogens is 3. The molecule has 0 aromatic carbocycles. The number of rotatable bonds is 3. The first kappa shape index (κ1) is 15.9. The van der Waals surface area contributed by atoms with Crippen LogP contribution in [0.5, 0.6) is 5.75 Å². The fourth-order valence-corrected chi connectivity index (χ4v) is 2.16. The summed E-state index contributed by atoms with van der Waals surface area (Å²) in [6.07, 6.45) is 0.873. The monoisotopic (exact) mass is 306 g/mol. The van der Waals surface area contributed by atoms with E-state index < -0.39 is 11.7 Å². The van der Waals surface area contributed by atoms with Crippen LogP contribution in [-0.2, 0) is 23.7 Å². The summed E-state index contributed by atoms with van der Waals surface area (Å²) < 4.78 is 15.3. The molecule has 0 radical (unpaired) electrons. The van der Waals surface area contributed by atoms with Gasteiger partial charge in [-0.05, 0) is 0 Å². The molecule has 0 aliphatic heterocycles. The van der Waals surface area contributed by atoms with E-state index in [-0.39, 0.29) is 23.3 Å². The SMILES string of the molecule is Cn1nc(NC(=O)Cc2ncc(O)cc2F)cc1C(C)(C)C. The number of nitrogens with zero attached hydrogens (tertiary/aromatic N) is 3. The number of hydrogen-bond donors (Lipinski definition) is 2. The molecule has 0 fully saturated rings. The van der Waals surface area contributed by atoms with Gasteiger partial charge in [-0.2, -0.15) is 5.10 Å². The molecular weight excluding hydrogens is 287 g/mol. The Morgan fingerprint density at radius 2 is 2.09 bits per heavy atom. The number of halogens is 1. The molecule has 0 spiro atoms. The zero-order chi connectivity index (χ0) is 16.5. The Balaban J connectivity index is 2.09. The Bertz CT molecular complexity index is 704. The van der Waals surface area contributed by atoms with Gasteiger partial charge in [0.1, 0.15) is 11.6 Å². The fraction of sp³-hybridized carbons (Fsp3) is 0.400. The number of pyridine rings is 1. The zero-order valence-corrected chi connectivity index (χ0v) is 13.0. The van der Waals surface area contributed by atoms with E-state index in [0.717, 1.165) is 18.0 Å². The lowest BCUT2D eigenvalue weighted by Crippen LogP contribution is -2.16. The van der Waals surface area contributed by atoms with Gasteiger partial charge in [0.25, 0.3) is 0 Å². The third-order valence-electron chi connectivity index (χ3n) is 3.15. The number of hydrogen-bond acceptors (Lipinski definition) is 4. The third kappa shape index (κ3) is 3.60. The first-order valence-corrected chi connectivity index (χ1v) is 6.84. The Morgan fingerprint density at radius 3 is 2.64 bits per heavy atom. The van der Waals surface area contributed by atoms with E-state index in [1.165, 1.54) is 0 Å². The highest BCUT2D eigenvalue weighted by Gasteiger charge is 2.20. The summed E-state index contributed by atoms with van der Waals surface area (Å²) in [5.41, 5.74) is 0.842. The second kappa shape index (κ2) is 5.75. The van der Waals surface area contributed by atoms with Crippen molar-refractivity contribution in [2.45, 2.75) is 32.6 Å². The molecule has 0 saturated heterocycles. The van der Waals surface area contributed by atoms with Crippen molar-refractivity contribution in [1.82, 2.24) is 14.8 Å². The molecule has 2 heterocycles. The van der Waals surface area contributed by atoms with Crippen LogP contribution < -0.4 is 5.32 Å². The van der Waals surface area contributed by atoms with Gasteiger partial charge in [-0.1, -0.05) is 20.8 Å². The van der Waals surface area contributed by atoms with Gasteiger partial charge in [0.2, 0.25) is 5.91 Å². The summed E-state index contributed by atoms with van der Waals surface area (Å²) >= 11 is 0. The molecule has 0 atom stereocenters. The Kier molecular flexibility index (Phi) is 4.16. The highest BCUT2D eigenvalue weighted by atomic mass is 19.1. The second-order valence-electron chi connectivity index (χ2n) is 6.14. The lowest BCUT2D eigenvalue weighted by atomic mass is 9.92. The van der Waals surface area contributed by atoms with Crippen LogP contribution in [0.4, 0.5) is 10.2 Å². The van der Waals surface area contributed by atoms with Crippen LogP contribution in [0.3, 0.4) is 0 Å². The average molecular weight is 306 g/mol. The normalized spacial score (nSPS) is 11.5. The van der Waals surface area contributed by atoms with Gasteiger partial charge in [0.05, 0.1) is 18.3 Å². The van der Waals surface area contributed by atoms with E-state index >= 15 is 0 Å². The van der Waals surface area contributed by atoms with Crippen LogP contribution in [-0.4, -0.2) is 25.8 Å². The van der Waals surface area contributed by atoms with Gasteiger partial charge < -0.3 is 10.4 Å². The van der Waals surface area contributed by atoms with E-state index in [1.54, 1.807) is 17.8 Å². The molecule has 2 aromatic rings. The minimum Gasteiger partial charge on any atom is -0.506 e. The van der Waals surface area contributed by atoms with E-state index in [0.29, 0.717) is 5.82 Å². The quantitative estimate of drug-likeness (QED) is 0.910. The third-order valence-corrected chi connectivity index (χ3v) is 3.15. The molecule has 2 N–H and O–H groups in total. The van der Waals surface area contributed by atoms with Gasteiger partial charge in [-0.3, -0.25) is 14.5 Å². The molecule has 22 heavy (non-hydrogen) atoms. The lowest BCUT2D eigenvalue weighted by molar-refractivity contribution is -0.115.